The van der Waals surface area contributed by atoms with Crippen molar-refractivity contribution in [3.05, 3.63) is 22.8 Å². The molecule has 1 atom stereocenters. The Kier molecular flexibility index (Phi) is 5.20. The lowest BCUT2D eigenvalue weighted by molar-refractivity contribution is 0.0919. The third kappa shape index (κ3) is 3.61. The van der Waals surface area contributed by atoms with Gasteiger partial charge in [0, 0.05) is 12.2 Å². The van der Waals surface area contributed by atoms with Gasteiger partial charge in [0.1, 0.15) is 0 Å². The summed E-state index contributed by atoms with van der Waals surface area (Å²) in [6.45, 7) is 2.07. The molecule has 1 heterocycles. The van der Waals surface area contributed by atoms with Crippen molar-refractivity contribution in [2.24, 2.45) is 11.8 Å². The fourth-order valence-corrected chi connectivity index (χ4v) is 2.93. The summed E-state index contributed by atoms with van der Waals surface area (Å²) in [5.41, 5.74) is 2.83. The summed E-state index contributed by atoms with van der Waals surface area (Å²) in [5, 5.41) is 3.38. The van der Waals surface area contributed by atoms with Crippen LogP contribution in [0.1, 0.15) is 49.4 Å². The first-order valence-corrected chi connectivity index (χ1v) is 7.42. The second kappa shape index (κ2) is 6.90. The second-order valence-electron chi connectivity index (χ2n) is 5.36. The van der Waals surface area contributed by atoms with E-state index in [1.165, 1.54) is 38.3 Å². The molecule has 0 spiro atoms. The highest BCUT2D eigenvalue weighted by molar-refractivity contribution is 6.33. The Bertz CT molecular complexity index is 474. The van der Waals surface area contributed by atoms with E-state index in [1.54, 1.807) is 6.07 Å². The van der Waals surface area contributed by atoms with Crippen molar-refractivity contribution in [1.82, 2.24) is 10.3 Å². The third-order valence-corrected chi connectivity index (χ3v) is 4.24. The molecule has 5 nitrogen and oxygen atoms in total. The average Bonchev–Trinajstić information content (AvgIpc) is 2.48. The molecule has 110 valence electrons. The number of aromatic nitrogens is 1. The Labute approximate surface area is 124 Å². The van der Waals surface area contributed by atoms with Crippen LogP contribution in [-0.2, 0) is 0 Å². The van der Waals surface area contributed by atoms with E-state index in [1.807, 2.05) is 0 Å². The van der Waals surface area contributed by atoms with Crippen molar-refractivity contribution in [3.8, 4) is 0 Å². The number of hydrazine groups is 1. The first-order chi connectivity index (χ1) is 9.61. The van der Waals surface area contributed by atoms with Gasteiger partial charge < -0.3 is 10.7 Å². The number of hydrogen-bond acceptors (Lipinski definition) is 4. The number of anilines is 1. The zero-order valence-electron chi connectivity index (χ0n) is 11.7. The maximum Gasteiger partial charge on any atom is 0.253 e. The highest BCUT2D eigenvalue weighted by atomic mass is 35.5. The molecule has 20 heavy (non-hydrogen) atoms. The minimum Gasteiger partial charge on any atom is -0.349 e. The van der Waals surface area contributed by atoms with Crippen LogP contribution in [0.4, 0.5) is 5.82 Å². The summed E-state index contributed by atoms with van der Waals surface area (Å²) in [5.74, 6) is 6.05. The normalized spacial score (nSPS) is 17.6. The lowest BCUT2D eigenvalue weighted by atomic mass is 9.84. The molecule has 1 fully saturated rings. The number of carbonyl (C=O) groups is 1. The van der Waals surface area contributed by atoms with Crippen molar-refractivity contribution >= 4 is 23.3 Å². The van der Waals surface area contributed by atoms with E-state index in [-0.39, 0.29) is 11.9 Å². The lowest BCUT2D eigenvalue weighted by Gasteiger charge is -2.28. The second-order valence-corrected chi connectivity index (χ2v) is 5.77. The van der Waals surface area contributed by atoms with Crippen LogP contribution in [0.15, 0.2) is 12.3 Å². The standard InChI is InChI=1S/C14H21ClN4O/c1-9(10-5-3-2-4-6-10)18-14(20)11-7-12(15)13(19-16)17-8-11/h7-10H,2-6,16H2,1H3,(H,17,19)(H,18,20). The smallest absolute Gasteiger partial charge is 0.253 e. The van der Waals surface area contributed by atoms with Gasteiger partial charge in [-0.25, -0.2) is 10.8 Å². The fraction of sp³-hybridized carbons (Fsp3) is 0.571. The quantitative estimate of drug-likeness (QED) is 0.589. The van der Waals surface area contributed by atoms with Crippen LogP contribution in [0.5, 0.6) is 0 Å². The number of halogens is 1. The first kappa shape index (κ1) is 15.1. The third-order valence-electron chi connectivity index (χ3n) is 3.96. The number of hydrogen-bond donors (Lipinski definition) is 3. The number of pyridine rings is 1. The zero-order valence-corrected chi connectivity index (χ0v) is 12.4. The van der Waals surface area contributed by atoms with E-state index >= 15 is 0 Å². The summed E-state index contributed by atoms with van der Waals surface area (Å²) < 4.78 is 0. The first-order valence-electron chi connectivity index (χ1n) is 7.05. The molecule has 1 amide bonds. The Balaban J connectivity index is 1.98. The molecular weight excluding hydrogens is 276 g/mol. The largest absolute Gasteiger partial charge is 0.349 e. The SMILES string of the molecule is CC(NC(=O)c1cnc(NN)c(Cl)c1)C1CCCCC1. The Morgan fingerprint density at radius 2 is 2.15 bits per heavy atom. The summed E-state index contributed by atoms with van der Waals surface area (Å²) >= 11 is 5.97. The lowest BCUT2D eigenvalue weighted by Crippen LogP contribution is -2.38. The van der Waals surface area contributed by atoms with Crippen molar-refractivity contribution in [2.75, 3.05) is 5.43 Å². The monoisotopic (exact) mass is 296 g/mol. The number of rotatable bonds is 4. The van der Waals surface area contributed by atoms with Gasteiger partial charge in [0.15, 0.2) is 5.82 Å². The van der Waals surface area contributed by atoms with E-state index in [0.29, 0.717) is 22.3 Å². The molecule has 1 aliphatic carbocycles. The number of carbonyl (C=O) groups excluding carboxylic acids is 1. The molecule has 0 aliphatic heterocycles. The van der Waals surface area contributed by atoms with E-state index in [4.69, 9.17) is 17.4 Å². The summed E-state index contributed by atoms with van der Waals surface area (Å²) in [7, 11) is 0. The van der Waals surface area contributed by atoms with Crippen molar-refractivity contribution in [1.29, 1.82) is 0 Å². The minimum atomic E-state index is -0.138. The Hall–Kier alpha value is -1.33. The van der Waals surface area contributed by atoms with E-state index in [0.717, 1.165) is 0 Å². The molecule has 2 rings (SSSR count). The number of nitrogens with two attached hydrogens (primary N) is 1. The molecule has 1 unspecified atom stereocenters. The van der Waals surface area contributed by atoms with Gasteiger partial charge in [0.25, 0.3) is 5.91 Å². The molecular formula is C14H21ClN4O. The highest BCUT2D eigenvalue weighted by Gasteiger charge is 2.22. The summed E-state index contributed by atoms with van der Waals surface area (Å²) in [4.78, 5) is 16.2. The number of nitrogens with one attached hydrogen (secondary N) is 2. The number of nitrogen functional groups attached to an aromatic ring is 1. The number of amides is 1. The van der Waals surface area contributed by atoms with Gasteiger partial charge in [0.05, 0.1) is 10.6 Å². The molecule has 4 N–H and O–H groups in total. The molecule has 0 bridgehead atoms. The van der Waals surface area contributed by atoms with Gasteiger partial charge in [0.2, 0.25) is 0 Å². The van der Waals surface area contributed by atoms with Crippen LogP contribution in [0.2, 0.25) is 5.02 Å². The zero-order chi connectivity index (χ0) is 14.5. The van der Waals surface area contributed by atoms with Crippen molar-refractivity contribution in [3.63, 3.8) is 0 Å². The Morgan fingerprint density at radius 3 is 2.75 bits per heavy atom. The predicted molar refractivity (Wildman–Crippen MR) is 80.6 cm³/mol. The van der Waals surface area contributed by atoms with E-state index in [2.05, 4.69) is 22.7 Å². The van der Waals surface area contributed by atoms with Crippen molar-refractivity contribution < 1.29 is 4.79 Å². The molecule has 1 aliphatic rings. The molecule has 1 saturated carbocycles. The predicted octanol–water partition coefficient (Wildman–Crippen LogP) is 2.72. The van der Waals surface area contributed by atoms with E-state index < -0.39 is 0 Å². The summed E-state index contributed by atoms with van der Waals surface area (Å²) in [6, 6.07) is 1.75. The van der Waals surface area contributed by atoms with Crippen LogP contribution in [0.3, 0.4) is 0 Å². The summed E-state index contributed by atoms with van der Waals surface area (Å²) in [6.07, 6.45) is 7.69. The minimum absolute atomic E-state index is 0.138. The average molecular weight is 297 g/mol. The Morgan fingerprint density at radius 1 is 1.45 bits per heavy atom. The van der Waals surface area contributed by atoms with Gasteiger partial charge in [-0.1, -0.05) is 30.9 Å². The van der Waals surface area contributed by atoms with Crippen molar-refractivity contribution in [2.45, 2.75) is 45.1 Å². The van der Waals surface area contributed by atoms with Gasteiger partial charge in [-0.3, -0.25) is 4.79 Å². The molecule has 1 aromatic rings. The van der Waals surface area contributed by atoms with Gasteiger partial charge >= 0.3 is 0 Å². The molecule has 0 saturated heterocycles. The topological polar surface area (TPSA) is 80.0 Å². The van der Waals surface area contributed by atoms with Crippen LogP contribution in [0.25, 0.3) is 0 Å². The molecule has 0 radical (unpaired) electrons. The molecule has 6 heteroatoms. The van der Waals surface area contributed by atoms with Crippen LogP contribution in [-0.4, -0.2) is 16.9 Å². The van der Waals surface area contributed by atoms with Crippen LogP contribution < -0.4 is 16.6 Å². The van der Waals surface area contributed by atoms with Gasteiger partial charge in [-0.05, 0) is 31.7 Å². The molecule has 0 aromatic carbocycles. The number of nitrogens with zero attached hydrogens (tertiary/aromatic N) is 1. The maximum atomic E-state index is 12.2. The van der Waals surface area contributed by atoms with Crippen LogP contribution in [0, 0.1) is 5.92 Å². The fourth-order valence-electron chi connectivity index (χ4n) is 2.71. The van der Waals surface area contributed by atoms with Crippen LogP contribution >= 0.6 is 11.6 Å². The van der Waals surface area contributed by atoms with Gasteiger partial charge in [-0.15, -0.1) is 0 Å². The van der Waals surface area contributed by atoms with Gasteiger partial charge in [-0.2, -0.15) is 0 Å². The highest BCUT2D eigenvalue weighted by Crippen LogP contribution is 2.26. The molecule has 1 aromatic heterocycles. The maximum absolute atomic E-state index is 12.2. The van der Waals surface area contributed by atoms with E-state index in [9.17, 15) is 4.79 Å².